The Labute approximate surface area is 215 Å². The molecule has 37 heavy (non-hydrogen) atoms. The fourth-order valence-electron chi connectivity index (χ4n) is 4.21. The number of pyridine rings is 1. The molecule has 8 heteroatoms. The Kier molecular flexibility index (Phi) is 7.88. The predicted molar refractivity (Wildman–Crippen MR) is 138 cm³/mol. The van der Waals surface area contributed by atoms with E-state index in [9.17, 15) is 14.7 Å². The quantitative estimate of drug-likeness (QED) is 0.187. The highest BCUT2D eigenvalue weighted by Crippen LogP contribution is 2.42. The van der Waals surface area contributed by atoms with Crippen LogP contribution in [0.3, 0.4) is 0 Å². The number of aliphatic hydroxyl groups is 1. The van der Waals surface area contributed by atoms with Gasteiger partial charge in [0.2, 0.25) is 0 Å². The second-order valence-corrected chi connectivity index (χ2v) is 8.25. The summed E-state index contributed by atoms with van der Waals surface area (Å²) >= 11 is 0. The van der Waals surface area contributed by atoms with Gasteiger partial charge in [0.1, 0.15) is 18.1 Å². The number of nitrogens with zero attached hydrogens (tertiary/aromatic N) is 2. The molecule has 0 spiro atoms. The second-order valence-electron chi connectivity index (χ2n) is 8.25. The Morgan fingerprint density at radius 3 is 2.43 bits per heavy atom. The van der Waals surface area contributed by atoms with Crippen LogP contribution in [-0.4, -0.2) is 47.0 Å². The first kappa shape index (κ1) is 25.5. The van der Waals surface area contributed by atoms with Gasteiger partial charge in [-0.1, -0.05) is 18.7 Å². The van der Waals surface area contributed by atoms with Crippen molar-refractivity contribution in [3.63, 3.8) is 0 Å². The van der Waals surface area contributed by atoms with Crippen LogP contribution in [0.5, 0.6) is 17.2 Å². The van der Waals surface area contributed by atoms with Crippen LogP contribution in [0.2, 0.25) is 0 Å². The molecule has 4 rings (SSSR count). The average molecular weight is 501 g/mol. The summed E-state index contributed by atoms with van der Waals surface area (Å²) in [6.07, 6.45) is 4.87. The maximum atomic E-state index is 13.3. The van der Waals surface area contributed by atoms with Gasteiger partial charge in [0.15, 0.2) is 11.5 Å². The van der Waals surface area contributed by atoms with Crippen LogP contribution in [0.1, 0.15) is 29.7 Å². The third-order valence-corrected chi connectivity index (χ3v) is 5.95. The molecule has 8 nitrogen and oxygen atoms in total. The average Bonchev–Trinajstić information content (AvgIpc) is 3.17. The number of Topliss-reactive ketones (excluding diaryl/α,β-unsaturated/α-hetero) is 1. The van der Waals surface area contributed by atoms with Crippen LogP contribution in [0, 0.1) is 0 Å². The fraction of sp³-hybridized carbons (Fsp3) is 0.207. The number of ether oxygens (including phenoxy) is 3. The van der Waals surface area contributed by atoms with E-state index < -0.39 is 17.7 Å². The SMILES string of the molecule is C=CCOc1ccc(C2C(=C(O)c3ccc(OC)cc3)C(=O)C(=O)N2Cc2ccncc2)cc1OCC. The Morgan fingerprint density at radius 2 is 1.78 bits per heavy atom. The smallest absolute Gasteiger partial charge is 0.295 e. The maximum absolute atomic E-state index is 13.3. The topological polar surface area (TPSA) is 98.2 Å². The Morgan fingerprint density at radius 1 is 1.05 bits per heavy atom. The van der Waals surface area contributed by atoms with Gasteiger partial charge in [-0.05, 0) is 66.6 Å². The minimum Gasteiger partial charge on any atom is -0.507 e. The predicted octanol–water partition coefficient (Wildman–Crippen LogP) is 4.68. The molecule has 1 fully saturated rings. The molecule has 1 aliphatic rings. The van der Waals surface area contributed by atoms with E-state index in [1.165, 1.54) is 12.0 Å². The van der Waals surface area contributed by atoms with Gasteiger partial charge < -0.3 is 24.2 Å². The van der Waals surface area contributed by atoms with E-state index >= 15 is 0 Å². The third kappa shape index (κ3) is 5.33. The lowest BCUT2D eigenvalue weighted by Gasteiger charge is -2.26. The van der Waals surface area contributed by atoms with E-state index in [0.29, 0.717) is 35.0 Å². The first-order valence-corrected chi connectivity index (χ1v) is 11.8. The zero-order valence-corrected chi connectivity index (χ0v) is 20.7. The van der Waals surface area contributed by atoms with Crippen molar-refractivity contribution in [2.75, 3.05) is 20.3 Å². The molecule has 1 aromatic heterocycles. The number of ketones is 1. The summed E-state index contributed by atoms with van der Waals surface area (Å²) in [5.74, 6) is -0.178. The van der Waals surface area contributed by atoms with Gasteiger partial charge in [-0.15, -0.1) is 0 Å². The molecule has 0 saturated carbocycles. The van der Waals surface area contributed by atoms with Gasteiger partial charge in [0.05, 0.1) is 25.3 Å². The lowest BCUT2D eigenvalue weighted by atomic mass is 9.94. The summed E-state index contributed by atoms with van der Waals surface area (Å²) in [6.45, 7) is 6.35. The fourth-order valence-corrected chi connectivity index (χ4v) is 4.21. The highest BCUT2D eigenvalue weighted by molar-refractivity contribution is 6.46. The molecule has 1 N–H and O–H groups in total. The number of carbonyl (C=O) groups is 2. The summed E-state index contributed by atoms with van der Waals surface area (Å²) in [5.41, 5.74) is 1.77. The van der Waals surface area contributed by atoms with Gasteiger partial charge >= 0.3 is 0 Å². The van der Waals surface area contributed by atoms with Crippen molar-refractivity contribution in [1.82, 2.24) is 9.88 Å². The standard InChI is InChI=1S/C29H28N2O6/c1-4-16-37-23-11-8-21(17-24(23)36-5-2)26-25(27(32)20-6-9-22(35-3)10-7-20)28(33)29(34)31(26)18-19-12-14-30-15-13-19/h4,6-15,17,26,32H,1,5,16,18H2,2-3H3. The van der Waals surface area contributed by atoms with E-state index in [4.69, 9.17) is 14.2 Å². The van der Waals surface area contributed by atoms with Crippen molar-refractivity contribution in [3.05, 3.63) is 102 Å². The van der Waals surface area contributed by atoms with Gasteiger partial charge in [0.25, 0.3) is 11.7 Å². The van der Waals surface area contributed by atoms with E-state index in [2.05, 4.69) is 11.6 Å². The van der Waals surface area contributed by atoms with Gasteiger partial charge in [-0.25, -0.2) is 0 Å². The van der Waals surface area contributed by atoms with Crippen LogP contribution in [-0.2, 0) is 16.1 Å². The van der Waals surface area contributed by atoms with Gasteiger partial charge in [-0.2, -0.15) is 0 Å². The highest BCUT2D eigenvalue weighted by atomic mass is 16.5. The van der Waals surface area contributed by atoms with Crippen molar-refractivity contribution < 1.29 is 28.9 Å². The van der Waals surface area contributed by atoms with E-state index in [0.717, 1.165) is 5.56 Å². The number of rotatable bonds is 10. The molecule has 1 saturated heterocycles. The lowest BCUT2D eigenvalue weighted by Crippen LogP contribution is -2.29. The summed E-state index contributed by atoms with van der Waals surface area (Å²) in [4.78, 5) is 32.1. The van der Waals surface area contributed by atoms with Crippen LogP contribution in [0.15, 0.2) is 85.2 Å². The Hall–Kier alpha value is -4.59. The molecular weight excluding hydrogens is 472 g/mol. The van der Waals surface area contributed by atoms with E-state index in [1.807, 2.05) is 6.92 Å². The minimum absolute atomic E-state index is 0.00793. The number of benzene rings is 2. The molecule has 2 aromatic carbocycles. The largest absolute Gasteiger partial charge is 0.507 e. The van der Waals surface area contributed by atoms with Crippen LogP contribution < -0.4 is 14.2 Å². The molecule has 3 aromatic rings. The van der Waals surface area contributed by atoms with Crippen molar-refractivity contribution in [1.29, 1.82) is 0 Å². The first-order valence-electron chi connectivity index (χ1n) is 11.8. The molecule has 1 aliphatic heterocycles. The Balaban J connectivity index is 1.86. The summed E-state index contributed by atoms with van der Waals surface area (Å²) in [5, 5.41) is 11.3. The van der Waals surface area contributed by atoms with Crippen LogP contribution in [0.25, 0.3) is 5.76 Å². The number of likely N-dealkylation sites (tertiary alicyclic amines) is 1. The zero-order chi connectivity index (χ0) is 26.4. The molecular formula is C29H28N2O6. The Bertz CT molecular complexity index is 1320. The minimum atomic E-state index is -0.858. The maximum Gasteiger partial charge on any atom is 0.295 e. The molecule has 0 bridgehead atoms. The first-order chi connectivity index (χ1) is 18.0. The summed E-state index contributed by atoms with van der Waals surface area (Å²) in [6, 6.07) is 14.5. The lowest BCUT2D eigenvalue weighted by molar-refractivity contribution is -0.140. The number of aliphatic hydroxyl groups excluding tert-OH is 1. The highest BCUT2D eigenvalue weighted by Gasteiger charge is 2.46. The van der Waals surface area contributed by atoms with Gasteiger partial charge in [-0.3, -0.25) is 14.6 Å². The van der Waals surface area contributed by atoms with Crippen LogP contribution in [0.4, 0.5) is 0 Å². The normalized spacial score (nSPS) is 16.5. The third-order valence-electron chi connectivity index (χ3n) is 5.95. The zero-order valence-electron chi connectivity index (χ0n) is 20.7. The molecule has 1 atom stereocenters. The molecule has 0 aliphatic carbocycles. The number of methoxy groups -OCH3 is 1. The number of amides is 1. The van der Waals surface area contributed by atoms with E-state index in [-0.39, 0.29) is 24.5 Å². The van der Waals surface area contributed by atoms with Gasteiger partial charge in [0, 0.05) is 24.5 Å². The second kappa shape index (κ2) is 11.4. The molecule has 1 unspecified atom stereocenters. The van der Waals surface area contributed by atoms with Crippen LogP contribution >= 0.6 is 0 Å². The number of aromatic nitrogens is 1. The van der Waals surface area contributed by atoms with Crippen molar-refractivity contribution >= 4 is 17.4 Å². The summed E-state index contributed by atoms with van der Waals surface area (Å²) in [7, 11) is 1.54. The van der Waals surface area contributed by atoms with Crippen molar-refractivity contribution in [2.45, 2.75) is 19.5 Å². The number of hydrogen-bond acceptors (Lipinski definition) is 7. The van der Waals surface area contributed by atoms with E-state index in [1.54, 1.807) is 73.1 Å². The molecule has 190 valence electrons. The number of carbonyl (C=O) groups excluding carboxylic acids is 2. The molecule has 0 radical (unpaired) electrons. The number of hydrogen-bond donors (Lipinski definition) is 1. The molecule has 1 amide bonds. The van der Waals surface area contributed by atoms with Crippen molar-refractivity contribution in [3.8, 4) is 17.2 Å². The summed E-state index contributed by atoms with van der Waals surface area (Å²) < 4.78 is 16.7. The monoisotopic (exact) mass is 500 g/mol. The molecule has 2 heterocycles. The van der Waals surface area contributed by atoms with Crippen molar-refractivity contribution in [2.24, 2.45) is 0 Å².